The van der Waals surface area contributed by atoms with Crippen molar-refractivity contribution in [3.63, 3.8) is 0 Å². The number of aryl methyl sites for hydroxylation is 1. The predicted octanol–water partition coefficient (Wildman–Crippen LogP) is 6.54. The molecule has 6 aliphatic carbocycles. The van der Waals surface area contributed by atoms with Gasteiger partial charge < -0.3 is 31.2 Å². The Labute approximate surface area is 349 Å². The molecule has 0 amide bonds. The van der Waals surface area contributed by atoms with Crippen molar-refractivity contribution in [1.82, 2.24) is 0 Å². The summed E-state index contributed by atoms with van der Waals surface area (Å²) in [5, 5.41) is 0. The molecule has 0 N–H and O–H groups in total. The van der Waals surface area contributed by atoms with Gasteiger partial charge in [-0.05, 0) is 28.6 Å². The van der Waals surface area contributed by atoms with E-state index in [2.05, 4.69) is 201 Å². The first-order valence-electron chi connectivity index (χ1n) is 19.1. The van der Waals surface area contributed by atoms with Crippen LogP contribution in [0.4, 0.5) is 0 Å². The summed E-state index contributed by atoms with van der Waals surface area (Å²) in [6.07, 6.45) is 42.8. The first-order valence-corrected chi connectivity index (χ1v) is 20.3. The van der Waals surface area contributed by atoms with Crippen LogP contribution in [0.15, 0.2) is 151 Å². The van der Waals surface area contributed by atoms with E-state index in [9.17, 15) is 0 Å². The molecular formula is C50H58Cl2Zr-2. The Balaban J connectivity index is 0.000000222. The van der Waals surface area contributed by atoms with E-state index in [1.807, 2.05) is 12.2 Å². The molecule has 2 aromatic rings. The monoisotopic (exact) mass is 818 g/mol. The van der Waals surface area contributed by atoms with Crippen molar-refractivity contribution in [1.29, 1.82) is 0 Å². The fourth-order valence-electron chi connectivity index (χ4n) is 11.5. The van der Waals surface area contributed by atoms with Crippen LogP contribution in [0, 0.1) is 56.3 Å². The number of hydrogen-bond acceptors (Lipinski definition) is 0. The molecule has 8 unspecified atom stereocenters. The third-order valence-corrected chi connectivity index (χ3v) is 16.5. The van der Waals surface area contributed by atoms with E-state index in [0.717, 1.165) is 12.8 Å². The third kappa shape index (κ3) is 6.52. The zero-order chi connectivity index (χ0) is 36.6. The van der Waals surface area contributed by atoms with E-state index in [1.165, 1.54) is 29.5 Å². The molecule has 2 saturated carbocycles. The maximum absolute atomic E-state index is 2.99. The van der Waals surface area contributed by atoms with E-state index >= 15 is 0 Å². The molecule has 6 aliphatic rings. The van der Waals surface area contributed by atoms with Crippen molar-refractivity contribution in [2.45, 2.75) is 81.1 Å². The van der Waals surface area contributed by atoms with Gasteiger partial charge in [0.05, 0.1) is 0 Å². The summed E-state index contributed by atoms with van der Waals surface area (Å²) in [5.74, 6) is 0.460. The number of rotatable bonds is 5. The number of halogens is 2. The van der Waals surface area contributed by atoms with Gasteiger partial charge in [0.25, 0.3) is 0 Å². The molecule has 0 saturated heterocycles. The molecule has 0 aliphatic heterocycles. The standard InChI is InChI=1S/C29H37.C16H16.C5H5.2ClH.Zr/c1-21-14-13-15-22-20-27(6)25(4)18-10-9-16-23(25,2)24(3)17-11-12-19-26(24,5)29(27,8)28(21,22)7;1-3-9-15(10-4-1)13-7-8-14-16-11-5-2-6-12-16;1-2-4-5-3-1;;;/h9-20,22H,1-8H3;1-6,9-12H,7,13-14H2;1-3H,4H2;2*1H;/q-1;;-1;;;+2/p-2. The Kier molecular flexibility index (Phi) is 13.5. The van der Waals surface area contributed by atoms with Crippen molar-refractivity contribution >= 4 is 3.21 Å². The van der Waals surface area contributed by atoms with Gasteiger partial charge in [-0.15, -0.1) is 23.8 Å². The Morgan fingerprint density at radius 2 is 1.23 bits per heavy atom. The Morgan fingerprint density at radius 1 is 0.698 bits per heavy atom. The average Bonchev–Trinajstić information content (AvgIpc) is 3.78. The van der Waals surface area contributed by atoms with Crippen LogP contribution in [0.1, 0.15) is 79.4 Å². The second-order valence-electron chi connectivity index (χ2n) is 17.0. The first-order chi connectivity index (χ1) is 24.2. The molecule has 3 heteroatoms. The molecule has 278 valence electrons. The summed E-state index contributed by atoms with van der Waals surface area (Å²) in [6.45, 7) is 20.3. The van der Waals surface area contributed by atoms with E-state index in [-0.39, 0.29) is 62.7 Å². The maximum atomic E-state index is 2.99. The van der Waals surface area contributed by atoms with Crippen LogP contribution < -0.4 is 24.8 Å². The molecule has 0 nitrogen and oxygen atoms in total. The van der Waals surface area contributed by atoms with Gasteiger partial charge in [0.1, 0.15) is 0 Å². The van der Waals surface area contributed by atoms with Crippen LogP contribution in [-0.2, 0) is 37.1 Å². The van der Waals surface area contributed by atoms with E-state index in [4.69, 9.17) is 0 Å². The third-order valence-electron chi connectivity index (χ3n) is 15.4. The Hall–Kier alpha value is -2.31. The van der Waals surface area contributed by atoms with E-state index in [0.29, 0.717) is 5.92 Å². The first kappa shape index (κ1) is 43.4. The van der Waals surface area contributed by atoms with Gasteiger partial charge in [0.15, 0.2) is 0 Å². The number of hydrogen-bond donors (Lipinski definition) is 0. The summed E-state index contributed by atoms with van der Waals surface area (Å²) in [5.41, 5.74) is 4.62. The van der Waals surface area contributed by atoms with Gasteiger partial charge in [0, 0.05) is 10.8 Å². The molecule has 2 fully saturated rings. The van der Waals surface area contributed by atoms with Crippen molar-refractivity contribution in [2.75, 3.05) is 0 Å². The SMILES string of the molecule is CC1=CC=CC2[CH-]C3(C)C4(C)C=CC=CC4(C)C4(C)C=CC=CC4(C)C3(C)C12C.[C-]1=CC=CC1.[Cl-].[Cl-].[Zr+2]=[C](CCc1ccccc1)Cc1ccccc1. The number of fused-ring (bicyclic) bond motifs is 8. The fourth-order valence-corrected chi connectivity index (χ4v) is 12.3. The number of benzene rings is 2. The minimum absolute atomic E-state index is 0. The molecule has 0 aromatic heterocycles. The summed E-state index contributed by atoms with van der Waals surface area (Å²) in [6, 6.07) is 21.5. The molecule has 0 spiro atoms. The van der Waals surface area contributed by atoms with Gasteiger partial charge >= 0.3 is 118 Å². The van der Waals surface area contributed by atoms with Crippen molar-refractivity contribution in [3.8, 4) is 0 Å². The Bertz CT molecular complexity index is 1850. The molecule has 2 aromatic carbocycles. The molecule has 53 heavy (non-hydrogen) atoms. The van der Waals surface area contributed by atoms with E-state index < -0.39 is 0 Å². The predicted molar refractivity (Wildman–Crippen MR) is 215 cm³/mol. The molecule has 0 heterocycles. The second-order valence-corrected chi connectivity index (χ2v) is 18.7. The van der Waals surface area contributed by atoms with Gasteiger partial charge in [-0.1, -0.05) is 115 Å². The molecule has 8 atom stereocenters. The fraction of sp³-hybridized carbons (Fsp3) is 0.400. The second kappa shape index (κ2) is 16.4. The van der Waals surface area contributed by atoms with Crippen LogP contribution in [0.25, 0.3) is 0 Å². The van der Waals surface area contributed by atoms with Crippen molar-refractivity contribution in [2.24, 2.45) is 43.8 Å². The van der Waals surface area contributed by atoms with Crippen molar-refractivity contribution < 1.29 is 49.0 Å². The van der Waals surface area contributed by atoms with Gasteiger partial charge in [-0.3, -0.25) is 6.08 Å². The zero-order valence-electron chi connectivity index (χ0n) is 33.1. The topological polar surface area (TPSA) is 0 Å². The summed E-state index contributed by atoms with van der Waals surface area (Å²) < 4.78 is 1.65. The van der Waals surface area contributed by atoms with Crippen LogP contribution in [0.3, 0.4) is 0 Å². The molecule has 8 rings (SSSR count). The minimum atomic E-state index is 0. The Morgan fingerprint density at radius 3 is 1.75 bits per heavy atom. The quantitative estimate of drug-likeness (QED) is 0.301. The summed E-state index contributed by atoms with van der Waals surface area (Å²) >= 11 is 1.57. The van der Waals surface area contributed by atoms with Crippen molar-refractivity contribution in [3.05, 3.63) is 175 Å². The molecule has 0 radical (unpaired) electrons. The van der Waals surface area contributed by atoms with Crippen LogP contribution >= 0.6 is 0 Å². The van der Waals surface area contributed by atoms with Crippen LogP contribution in [-0.4, -0.2) is 3.21 Å². The number of allylic oxidation sites excluding steroid dienone is 16. The van der Waals surface area contributed by atoms with Crippen LogP contribution in [0.2, 0.25) is 0 Å². The van der Waals surface area contributed by atoms with Gasteiger partial charge in [-0.2, -0.15) is 6.08 Å². The average molecular weight is 821 g/mol. The van der Waals surface area contributed by atoms with Crippen LogP contribution in [0.5, 0.6) is 0 Å². The zero-order valence-corrected chi connectivity index (χ0v) is 37.1. The van der Waals surface area contributed by atoms with E-state index in [1.54, 1.807) is 27.4 Å². The summed E-state index contributed by atoms with van der Waals surface area (Å²) in [7, 11) is 0. The molecule has 0 bridgehead atoms. The molecular weight excluding hydrogens is 763 g/mol. The van der Waals surface area contributed by atoms with Gasteiger partial charge in [0.2, 0.25) is 0 Å². The normalized spacial score (nSPS) is 37.2. The van der Waals surface area contributed by atoms with Gasteiger partial charge in [-0.25, -0.2) is 12.2 Å². The summed E-state index contributed by atoms with van der Waals surface area (Å²) in [4.78, 5) is 0.